The van der Waals surface area contributed by atoms with Crippen molar-refractivity contribution in [3.8, 4) is 0 Å². The van der Waals surface area contributed by atoms with Crippen molar-refractivity contribution in [1.82, 2.24) is 0 Å². The number of hydrazone groups is 2. The van der Waals surface area contributed by atoms with E-state index in [-0.39, 0.29) is 39.0 Å². The third-order valence-electron chi connectivity index (χ3n) is 9.53. The lowest BCUT2D eigenvalue weighted by molar-refractivity contribution is -0.118. The van der Waals surface area contributed by atoms with Crippen LogP contribution in [0.25, 0.3) is 0 Å². The molecule has 5 aromatic rings. The predicted octanol–water partition coefficient (Wildman–Crippen LogP) is 7.09. The highest BCUT2D eigenvalue weighted by molar-refractivity contribution is 7.86. The third kappa shape index (κ3) is 9.21. The first-order valence-electron chi connectivity index (χ1n) is 18.3. The normalized spacial score (nSPS) is 17.1. The molecule has 61 heavy (non-hydrogen) atoms. The molecule has 0 spiro atoms. The van der Waals surface area contributed by atoms with Crippen LogP contribution in [-0.4, -0.2) is 67.2 Å². The maximum Gasteiger partial charge on any atom is 0.294 e. The molecular weight excluding hydrogens is 827 g/mol. The zero-order chi connectivity index (χ0) is 43.6. The number of rotatable bonds is 12. The summed E-state index contributed by atoms with van der Waals surface area (Å²) in [5.74, 6) is -1.46. The fourth-order valence-electron chi connectivity index (χ4n) is 6.36. The molecule has 0 radical (unpaired) electrons. The molecule has 7 rings (SSSR count). The minimum atomic E-state index is -4.43. The SMILES string of the molecule is CC1=NN(c2ccc(S(=O)(=O)O)cc2)C(=O)C1N=Nc1cccc(C(=O)N(Cc2ccccc2)c2cc(N=NC3C(=O)N(c4ccc(S(=O)(=O)O)cc4)N=C3C)ccc2C)c1. The summed E-state index contributed by atoms with van der Waals surface area (Å²) in [6, 6.07) is 28.7. The highest BCUT2D eigenvalue weighted by Crippen LogP contribution is 2.32. The molecule has 2 atom stereocenters. The number of carbonyl (C=O) groups is 3. The predicted molar refractivity (Wildman–Crippen MR) is 225 cm³/mol. The summed E-state index contributed by atoms with van der Waals surface area (Å²) in [4.78, 5) is 42.0. The van der Waals surface area contributed by atoms with Crippen LogP contribution < -0.4 is 14.9 Å². The van der Waals surface area contributed by atoms with Gasteiger partial charge in [-0.1, -0.05) is 42.5 Å². The molecular formula is C41H35N9O9S2. The lowest BCUT2D eigenvalue weighted by atomic mass is 10.1. The van der Waals surface area contributed by atoms with Crippen LogP contribution >= 0.6 is 0 Å². The van der Waals surface area contributed by atoms with Gasteiger partial charge in [0.05, 0.1) is 50.5 Å². The number of carbonyl (C=O) groups excluding carboxylic acids is 3. The van der Waals surface area contributed by atoms with Crippen LogP contribution in [0.15, 0.2) is 162 Å². The molecule has 310 valence electrons. The molecule has 3 amide bonds. The van der Waals surface area contributed by atoms with E-state index >= 15 is 0 Å². The standard InChI is InChI=1S/C41H35N9O9S2/c1-25-12-13-31(43-45-38-27(3)47-50(41(38)53)33-16-20-35(21-17-33)61(57,58)59)23-36(25)48(24-28-8-5-4-6-9-28)39(51)29-10-7-11-30(22-29)42-44-37-26(2)46-49(40(37)52)32-14-18-34(19-15-32)60(54,55)56/h4-23,37-38H,24H2,1-3H3,(H,54,55,56)(H,57,58,59). The van der Waals surface area contributed by atoms with Gasteiger partial charge in [-0.15, -0.1) is 0 Å². The Morgan fingerprint density at radius 1 is 0.639 bits per heavy atom. The van der Waals surface area contributed by atoms with E-state index in [0.717, 1.165) is 45.4 Å². The number of anilines is 3. The second-order valence-electron chi connectivity index (χ2n) is 13.9. The quantitative estimate of drug-likeness (QED) is 0.0959. The molecule has 2 unspecified atom stereocenters. The van der Waals surface area contributed by atoms with Gasteiger partial charge in [0.2, 0.25) is 0 Å². The molecule has 0 aromatic heterocycles. The van der Waals surface area contributed by atoms with Crippen molar-refractivity contribution in [2.75, 3.05) is 14.9 Å². The van der Waals surface area contributed by atoms with Crippen molar-refractivity contribution >= 4 is 77.8 Å². The Balaban J connectivity index is 1.12. The topological polar surface area (TPSA) is 244 Å². The lowest BCUT2D eigenvalue weighted by Crippen LogP contribution is -2.31. The fraction of sp³-hybridized carbons (Fsp3) is 0.146. The summed E-state index contributed by atoms with van der Waals surface area (Å²) in [5.41, 5.74) is 4.14. The van der Waals surface area contributed by atoms with Gasteiger partial charge in [0.1, 0.15) is 0 Å². The highest BCUT2D eigenvalue weighted by atomic mass is 32.2. The average Bonchev–Trinajstić information content (AvgIpc) is 3.69. The van der Waals surface area contributed by atoms with Gasteiger partial charge in [0.25, 0.3) is 38.0 Å². The fourth-order valence-corrected chi connectivity index (χ4v) is 7.32. The minimum Gasteiger partial charge on any atom is -0.304 e. The van der Waals surface area contributed by atoms with Crippen molar-refractivity contribution in [3.63, 3.8) is 0 Å². The summed E-state index contributed by atoms with van der Waals surface area (Å²) < 4.78 is 64.4. The van der Waals surface area contributed by atoms with Gasteiger partial charge >= 0.3 is 0 Å². The van der Waals surface area contributed by atoms with Crippen LogP contribution in [0.3, 0.4) is 0 Å². The van der Waals surface area contributed by atoms with Crippen LogP contribution in [0.4, 0.5) is 28.4 Å². The number of azo groups is 2. The van der Waals surface area contributed by atoms with Crippen molar-refractivity contribution < 1.29 is 40.3 Å². The van der Waals surface area contributed by atoms with Gasteiger partial charge in [-0.3, -0.25) is 23.5 Å². The molecule has 5 aromatic carbocycles. The molecule has 0 aliphatic carbocycles. The molecule has 0 fully saturated rings. The Kier molecular flexibility index (Phi) is 11.6. The Hall–Kier alpha value is -7.13. The van der Waals surface area contributed by atoms with E-state index in [1.807, 2.05) is 37.3 Å². The van der Waals surface area contributed by atoms with E-state index in [9.17, 15) is 40.3 Å². The summed E-state index contributed by atoms with van der Waals surface area (Å²) in [7, 11) is -8.86. The first-order valence-corrected chi connectivity index (χ1v) is 21.2. The molecule has 2 heterocycles. The number of hydrogen-bond acceptors (Lipinski definition) is 13. The molecule has 2 N–H and O–H groups in total. The highest BCUT2D eigenvalue weighted by Gasteiger charge is 2.36. The number of aryl methyl sites for hydroxylation is 1. The molecule has 0 bridgehead atoms. The van der Waals surface area contributed by atoms with E-state index in [1.165, 1.54) is 30.3 Å². The zero-order valence-electron chi connectivity index (χ0n) is 32.5. The summed E-state index contributed by atoms with van der Waals surface area (Å²) in [6.45, 7) is 5.20. The largest absolute Gasteiger partial charge is 0.304 e. The van der Waals surface area contributed by atoms with Crippen LogP contribution in [0, 0.1) is 6.92 Å². The Morgan fingerprint density at radius 2 is 1.13 bits per heavy atom. The molecule has 0 saturated carbocycles. The second kappa shape index (κ2) is 16.9. The monoisotopic (exact) mass is 861 g/mol. The third-order valence-corrected chi connectivity index (χ3v) is 11.3. The molecule has 2 aliphatic rings. The van der Waals surface area contributed by atoms with E-state index in [2.05, 4.69) is 30.7 Å². The van der Waals surface area contributed by atoms with E-state index in [4.69, 9.17) is 0 Å². The van der Waals surface area contributed by atoms with E-state index < -0.39 is 50.0 Å². The van der Waals surface area contributed by atoms with Gasteiger partial charge in [-0.25, -0.2) is 0 Å². The van der Waals surface area contributed by atoms with Crippen LogP contribution in [-0.2, 0) is 36.4 Å². The van der Waals surface area contributed by atoms with Gasteiger partial charge in [0, 0.05) is 11.3 Å². The van der Waals surface area contributed by atoms with Crippen molar-refractivity contribution in [3.05, 3.63) is 138 Å². The Morgan fingerprint density at radius 3 is 1.62 bits per heavy atom. The van der Waals surface area contributed by atoms with Crippen LogP contribution in [0.2, 0.25) is 0 Å². The average molecular weight is 862 g/mol. The molecule has 18 nitrogen and oxygen atoms in total. The number of benzene rings is 5. The van der Waals surface area contributed by atoms with Crippen LogP contribution in [0.1, 0.15) is 35.3 Å². The summed E-state index contributed by atoms with van der Waals surface area (Å²) in [5, 5.41) is 27.8. The molecule has 0 saturated heterocycles. The van der Waals surface area contributed by atoms with Gasteiger partial charge < -0.3 is 4.90 Å². The van der Waals surface area contributed by atoms with Crippen molar-refractivity contribution in [2.24, 2.45) is 30.7 Å². The lowest BCUT2D eigenvalue weighted by Gasteiger charge is -2.25. The van der Waals surface area contributed by atoms with Crippen molar-refractivity contribution in [2.45, 2.75) is 49.2 Å². The molecule has 20 heteroatoms. The summed E-state index contributed by atoms with van der Waals surface area (Å²) >= 11 is 0. The van der Waals surface area contributed by atoms with Gasteiger partial charge in [0.15, 0.2) is 12.1 Å². The van der Waals surface area contributed by atoms with Gasteiger partial charge in [-0.05, 0) is 111 Å². The van der Waals surface area contributed by atoms with Crippen molar-refractivity contribution in [1.29, 1.82) is 0 Å². The minimum absolute atomic E-state index is 0.165. The number of amides is 3. The van der Waals surface area contributed by atoms with Gasteiger partial charge in [-0.2, -0.15) is 57.5 Å². The maximum absolute atomic E-state index is 14.5. The van der Waals surface area contributed by atoms with E-state index in [0.29, 0.717) is 22.8 Å². The Labute approximate surface area is 349 Å². The summed E-state index contributed by atoms with van der Waals surface area (Å²) in [6.07, 6.45) is 0. The Bertz CT molecular complexity index is 2900. The first kappa shape index (κ1) is 42.0. The molecule has 2 aliphatic heterocycles. The second-order valence-corrected chi connectivity index (χ2v) is 16.7. The van der Waals surface area contributed by atoms with E-state index in [1.54, 1.807) is 55.1 Å². The zero-order valence-corrected chi connectivity index (χ0v) is 34.1. The maximum atomic E-state index is 14.5. The smallest absolute Gasteiger partial charge is 0.294 e. The first-order chi connectivity index (χ1) is 29.0. The van der Waals surface area contributed by atoms with Crippen LogP contribution in [0.5, 0.6) is 0 Å². The number of nitrogens with zero attached hydrogens (tertiary/aromatic N) is 9. The number of hydrogen-bond donors (Lipinski definition) is 2.